The van der Waals surface area contributed by atoms with Gasteiger partial charge in [0.15, 0.2) is 6.61 Å². The van der Waals surface area contributed by atoms with E-state index >= 15 is 0 Å². The molecule has 0 saturated carbocycles. The second-order valence-electron chi connectivity index (χ2n) is 5.94. The molecule has 3 amide bonds. The number of carbonyl (C=O) groups excluding carboxylic acids is 4. The largest absolute Gasteiger partial charge is 0.456 e. The van der Waals surface area contributed by atoms with Gasteiger partial charge in [-0.15, -0.1) is 0 Å². The highest BCUT2D eigenvalue weighted by Gasteiger charge is 2.12. The molecule has 0 aliphatic carbocycles. The van der Waals surface area contributed by atoms with Crippen molar-refractivity contribution in [2.75, 3.05) is 11.9 Å². The second-order valence-corrected chi connectivity index (χ2v) is 5.94. The predicted molar refractivity (Wildman–Crippen MR) is 102 cm³/mol. The molecule has 0 spiro atoms. The molecule has 146 valence electrons. The highest BCUT2D eigenvalue weighted by molar-refractivity contribution is 5.95. The molecule has 0 heterocycles. The number of anilines is 1. The summed E-state index contributed by atoms with van der Waals surface area (Å²) in [5.74, 6) is -2.19. The summed E-state index contributed by atoms with van der Waals surface area (Å²) in [5, 5.41) is 2.59. The lowest BCUT2D eigenvalue weighted by atomic mass is 10.2. The van der Waals surface area contributed by atoms with Gasteiger partial charge in [-0.3, -0.25) is 30.0 Å². The molecule has 0 unspecified atom stereocenters. The summed E-state index contributed by atoms with van der Waals surface area (Å²) in [6.45, 7) is 1.48. The fourth-order valence-electron chi connectivity index (χ4n) is 2.12. The summed E-state index contributed by atoms with van der Waals surface area (Å²) < 4.78 is 4.83. The van der Waals surface area contributed by atoms with Crippen molar-refractivity contribution < 1.29 is 23.9 Å². The van der Waals surface area contributed by atoms with E-state index in [1.54, 1.807) is 42.5 Å². The number of hydrazine groups is 1. The Morgan fingerprint density at radius 3 is 2.18 bits per heavy atom. The van der Waals surface area contributed by atoms with Crippen LogP contribution in [0.3, 0.4) is 0 Å². The molecule has 0 bridgehead atoms. The predicted octanol–water partition coefficient (Wildman–Crippen LogP) is 1.72. The van der Waals surface area contributed by atoms with Crippen molar-refractivity contribution in [3.63, 3.8) is 0 Å². The van der Waals surface area contributed by atoms with Crippen LogP contribution < -0.4 is 16.2 Å². The highest BCUT2D eigenvalue weighted by atomic mass is 16.5. The molecule has 0 aliphatic rings. The number of benzene rings is 2. The van der Waals surface area contributed by atoms with Crippen LogP contribution in [0.1, 0.15) is 28.8 Å². The number of rotatable bonds is 7. The van der Waals surface area contributed by atoms with Gasteiger partial charge in [-0.25, -0.2) is 0 Å². The Kier molecular flexibility index (Phi) is 7.71. The third kappa shape index (κ3) is 7.28. The molecule has 3 N–H and O–H groups in total. The Balaban J connectivity index is 1.62. The zero-order chi connectivity index (χ0) is 20.4. The molecule has 8 heteroatoms. The van der Waals surface area contributed by atoms with Gasteiger partial charge in [-0.05, 0) is 31.2 Å². The topological polar surface area (TPSA) is 114 Å². The van der Waals surface area contributed by atoms with E-state index in [4.69, 9.17) is 4.74 Å². The number of carbonyl (C=O) groups is 4. The van der Waals surface area contributed by atoms with Crippen LogP contribution in [0.25, 0.3) is 0 Å². The molecule has 0 aromatic heterocycles. The van der Waals surface area contributed by atoms with Gasteiger partial charge in [0.1, 0.15) is 0 Å². The van der Waals surface area contributed by atoms with E-state index in [1.165, 1.54) is 0 Å². The molecule has 2 aromatic carbocycles. The minimum Gasteiger partial charge on any atom is -0.456 e. The maximum absolute atomic E-state index is 11.8. The summed E-state index contributed by atoms with van der Waals surface area (Å²) in [4.78, 5) is 46.8. The van der Waals surface area contributed by atoms with E-state index in [0.717, 1.165) is 5.56 Å². The second kappa shape index (κ2) is 10.5. The maximum atomic E-state index is 11.8. The van der Waals surface area contributed by atoms with Crippen LogP contribution >= 0.6 is 0 Å². The van der Waals surface area contributed by atoms with Gasteiger partial charge in [0.2, 0.25) is 5.91 Å². The number of hydrogen-bond acceptors (Lipinski definition) is 5. The summed E-state index contributed by atoms with van der Waals surface area (Å²) in [5.41, 5.74) is 6.51. The summed E-state index contributed by atoms with van der Waals surface area (Å²) >= 11 is 0. The van der Waals surface area contributed by atoms with E-state index in [9.17, 15) is 19.2 Å². The molecule has 28 heavy (non-hydrogen) atoms. The third-order valence-corrected chi connectivity index (χ3v) is 3.61. The van der Waals surface area contributed by atoms with Gasteiger partial charge in [0.25, 0.3) is 11.8 Å². The molecule has 2 aromatic rings. The SMILES string of the molecule is Cc1ccc(NC(=O)COC(=O)CCC(=O)NNC(=O)c2ccccc2)cc1. The number of ether oxygens (including phenoxy) is 1. The first-order valence-corrected chi connectivity index (χ1v) is 8.60. The highest BCUT2D eigenvalue weighted by Crippen LogP contribution is 2.08. The van der Waals surface area contributed by atoms with Crippen LogP contribution in [0, 0.1) is 6.92 Å². The average molecular weight is 383 g/mol. The van der Waals surface area contributed by atoms with Crippen LogP contribution in [-0.4, -0.2) is 30.3 Å². The summed E-state index contributed by atoms with van der Waals surface area (Å²) in [7, 11) is 0. The minimum atomic E-state index is -0.691. The fourth-order valence-corrected chi connectivity index (χ4v) is 2.12. The van der Waals surface area contributed by atoms with E-state index in [0.29, 0.717) is 11.3 Å². The number of hydrogen-bond donors (Lipinski definition) is 3. The lowest BCUT2D eigenvalue weighted by Crippen LogP contribution is -2.41. The number of amides is 3. The van der Waals surface area contributed by atoms with Crippen LogP contribution in [0.4, 0.5) is 5.69 Å². The Morgan fingerprint density at radius 2 is 1.50 bits per heavy atom. The van der Waals surface area contributed by atoms with E-state index in [-0.39, 0.29) is 12.8 Å². The van der Waals surface area contributed by atoms with Gasteiger partial charge in [0.05, 0.1) is 6.42 Å². The van der Waals surface area contributed by atoms with Crippen LogP contribution in [0.15, 0.2) is 54.6 Å². The molecule has 0 aliphatic heterocycles. The Hall–Kier alpha value is -3.68. The van der Waals surface area contributed by atoms with Gasteiger partial charge in [-0.1, -0.05) is 35.9 Å². The maximum Gasteiger partial charge on any atom is 0.306 e. The van der Waals surface area contributed by atoms with Crippen molar-refractivity contribution >= 4 is 29.4 Å². The normalized spacial score (nSPS) is 9.89. The number of aryl methyl sites for hydroxylation is 1. The van der Waals surface area contributed by atoms with Crippen LogP contribution in [0.2, 0.25) is 0 Å². The van der Waals surface area contributed by atoms with Gasteiger partial charge >= 0.3 is 5.97 Å². The fraction of sp³-hybridized carbons (Fsp3) is 0.200. The smallest absolute Gasteiger partial charge is 0.306 e. The monoisotopic (exact) mass is 383 g/mol. The molecule has 2 rings (SSSR count). The van der Waals surface area contributed by atoms with E-state index in [2.05, 4.69) is 16.2 Å². The molecule has 0 radical (unpaired) electrons. The Labute approximate surface area is 162 Å². The third-order valence-electron chi connectivity index (χ3n) is 3.61. The molecule has 0 fully saturated rings. The summed E-state index contributed by atoms with van der Waals surface area (Å²) in [6.07, 6.45) is -0.404. The zero-order valence-corrected chi connectivity index (χ0v) is 15.4. The van der Waals surface area contributed by atoms with Crippen molar-refractivity contribution in [2.24, 2.45) is 0 Å². The standard InChI is InChI=1S/C20H21N3O5/c1-14-7-9-16(10-8-14)21-18(25)13-28-19(26)12-11-17(24)22-23-20(27)15-5-3-2-4-6-15/h2-10H,11-13H2,1H3,(H,21,25)(H,22,24)(H,23,27). The first-order valence-electron chi connectivity index (χ1n) is 8.60. The van der Waals surface area contributed by atoms with Crippen molar-refractivity contribution in [1.29, 1.82) is 0 Å². The van der Waals surface area contributed by atoms with Crippen LogP contribution in [-0.2, 0) is 19.1 Å². The molecule has 8 nitrogen and oxygen atoms in total. The Morgan fingerprint density at radius 1 is 0.821 bits per heavy atom. The quantitative estimate of drug-likeness (QED) is 0.498. The van der Waals surface area contributed by atoms with E-state index in [1.807, 2.05) is 19.1 Å². The number of esters is 1. The van der Waals surface area contributed by atoms with Gasteiger partial charge < -0.3 is 10.1 Å². The lowest BCUT2D eigenvalue weighted by molar-refractivity contribution is -0.148. The molecular weight excluding hydrogens is 362 g/mol. The molecular formula is C20H21N3O5. The lowest BCUT2D eigenvalue weighted by Gasteiger charge is -2.08. The van der Waals surface area contributed by atoms with Crippen molar-refractivity contribution in [3.05, 3.63) is 65.7 Å². The first-order chi connectivity index (χ1) is 13.4. The number of nitrogens with one attached hydrogen (secondary N) is 3. The van der Waals surface area contributed by atoms with Crippen molar-refractivity contribution in [1.82, 2.24) is 10.9 Å². The van der Waals surface area contributed by atoms with E-state index < -0.39 is 30.3 Å². The zero-order valence-electron chi connectivity index (χ0n) is 15.4. The van der Waals surface area contributed by atoms with Crippen LogP contribution in [0.5, 0.6) is 0 Å². The van der Waals surface area contributed by atoms with Crippen molar-refractivity contribution in [2.45, 2.75) is 19.8 Å². The minimum absolute atomic E-state index is 0.187. The van der Waals surface area contributed by atoms with Crippen molar-refractivity contribution in [3.8, 4) is 0 Å². The average Bonchev–Trinajstić information content (AvgIpc) is 2.71. The Bertz CT molecular complexity index is 835. The van der Waals surface area contributed by atoms with Gasteiger partial charge in [0, 0.05) is 17.7 Å². The summed E-state index contributed by atoms with van der Waals surface area (Å²) in [6, 6.07) is 15.5. The molecule has 0 saturated heterocycles. The molecule has 0 atom stereocenters. The first kappa shape index (κ1) is 20.6. The van der Waals surface area contributed by atoms with Gasteiger partial charge in [-0.2, -0.15) is 0 Å².